The molecule has 0 bridgehead atoms. The van der Waals surface area contributed by atoms with E-state index in [1.165, 1.54) is 0 Å². The number of rotatable bonds is 8. The smallest absolute Gasteiger partial charge is 0.235 e. The average molecular weight is 338 g/mol. The Kier molecular flexibility index (Phi) is 6.75. The monoisotopic (exact) mass is 338 g/mol. The van der Waals surface area contributed by atoms with Gasteiger partial charge in [0.25, 0.3) is 0 Å². The molecule has 2 N–H and O–H groups in total. The molecule has 4 heteroatoms. The Hall–Kier alpha value is -2.62. The maximum Gasteiger partial charge on any atom is 0.235 e. The summed E-state index contributed by atoms with van der Waals surface area (Å²) in [5, 5.41) is 5.72. The second-order valence-corrected chi connectivity index (χ2v) is 6.61. The fourth-order valence-electron chi connectivity index (χ4n) is 2.48. The Morgan fingerprint density at radius 1 is 0.720 bits per heavy atom. The van der Waals surface area contributed by atoms with Crippen LogP contribution in [0.3, 0.4) is 0 Å². The highest BCUT2D eigenvalue weighted by Crippen LogP contribution is 2.15. The van der Waals surface area contributed by atoms with E-state index in [4.69, 9.17) is 0 Å². The molecule has 0 aliphatic rings. The van der Waals surface area contributed by atoms with Crippen LogP contribution >= 0.6 is 0 Å². The normalized spacial score (nSPS) is 11.0. The van der Waals surface area contributed by atoms with Gasteiger partial charge < -0.3 is 10.6 Å². The summed E-state index contributed by atoms with van der Waals surface area (Å²) in [5.41, 5.74) is 1.23. The average Bonchev–Trinajstić information content (AvgIpc) is 2.63. The molecular formula is C21H26N2O2. The molecule has 2 rings (SSSR count). The van der Waals surface area contributed by atoms with E-state index in [0.29, 0.717) is 13.1 Å². The predicted octanol–water partition coefficient (Wildman–Crippen LogP) is 2.73. The molecule has 0 aromatic heterocycles. The number of nitrogens with one attached hydrogen (secondary N) is 2. The quantitative estimate of drug-likeness (QED) is 0.727. The van der Waals surface area contributed by atoms with E-state index in [1.807, 2.05) is 60.7 Å². The number of carbonyl (C=O) groups excluding carboxylic acids is 2. The van der Waals surface area contributed by atoms with Crippen molar-refractivity contribution in [1.82, 2.24) is 10.6 Å². The van der Waals surface area contributed by atoms with Crippen molar-refractivity contribution in [3.05, 3.63) is 71.8 Å². The third-order valence-electron chi connectivity index (χ3n) is 4.22. The molecule has 0 heterocycles. The minimum absolute atomic E-state index is 0.249. The van der Waals surface area contributed by atoms with Crippen molar-refractivity contribution in [2.75, 3.05) is 13.1 Å². The topological polar surface area (TPSA) is 58.2 Å². The van der Waals surface area contributed by atoms with Crippen molar-refractivity contribution >= 4 is 11.8 Å². The number of benzene rings is 2. The van der Waals surface area contributed by atoms with Gasteiger partial charge in [0.15, 0.2) is 0 Å². The molecule has 0 saturated carbocycles. The van der Waals surface area contributed by atoms with Crippen LogP contribution in [0.1, 0.15) is 25.0 Å². The van der Waals surface area contributed by atoms with Crippen LogP contribution in [0.4, 0.5) is 0 Å². The Balaban J connectivity index is 1.75. The standard InChI is InChI=1S/C21H26N2O2/c1-21(2,19(24)22-15-13-17-9-5-3-6-10-17)20(25)23-16-14-18-11-7-4-8-12-18/h3-12H,13-16H2,1-2H3,(H,22,24)(H,23,25). The second kappa shape index (κ2) is 9.02. The maximum atomic E-state index is 12.4. The second-order valence-electron chi connectivity index (χ2n) is 6.61. The van der Waals surface area contributed by atoms with E-state index in [2.05, 4.69) is 10.6 Å². The van der Waals surface area contributed by atoms with E-state index in [0.717, 1.165) is 24.0 Å². The van der Waals surface area contributed by atoms with Gasteiger partial charge in [0, 0.05) is 13.1 Å². The SMILES string of the molecule is CC(C)(C(=O)NCCc1ccccc1)C(=O)NCCc1ccccc1. The highest BCUT2D eigenvalue weighted by molar-refractivity contribution is 6.04. The van der Waals surface area contributed by atoms with Crippen LogP contribution in [-0.4, -0.2) is 24.9 Å². The van der Waals surface area contributed by atoms with Crippen molar-refractivity contribution in [3.8, 4) is 0 Å². The Morgan fingerprint density at radius 2 is 1.08 bits per heavy atom. The van der Waals surface area contributed by atoms with Crippen molar-refractivity contribution < 1.29 is 9.59 Å². The zero-order valence-electron chi connectivity index (χ0n) is 14.9. The van der Waals surface area contributed by atoms with Crippen LogP contribution in [0, 0.1) is 5.41 Å². The third-order valence-corrected chi connectivity index (χ3v) is 4.22. The number of hydrogen-bond acceptors (Lipinski definition) is 2. The molecule has 0 radical (unpaired) electrons. The van der Waals surface area contributed by atoms with Gasteiger partial charge in [-0.15, -0.1) is 0 Å². The molecule has 0 spiro atoms. The lowest BCUT2D eigenvalue weighted by atomic mass is 9.91. The first-order valence-electron chi connectivity index (χ1n) is 8.64. The summed E-state index contributed by atoms with van der Waals surface area (Å²) in [6.45, 7) is 4.35. The lowest BCUT2D eigenvalue weighted by Gasteiger charge is -2.22. The molecule has 25 heavy (non-hydrogen) atoms. The number of carbonyl (C=O) groups is 2. The molecule has 2 aromatic rings. The van der Waals surface area contributed by atoms with Crippen LogP contribution in [0.25, 0.3) is 0 Å². The molecule has 0 unspecified atom stereocenters. The van der Waals surface area contributed by atoms with Gasteiger partial charge >= 0.3 is 0 Å². The van der Waals surface area contributed by atoms with E-state index in [-0.39, 0.29) is 11.8 Å². The zero-order chi connectivity index (χ0) is 18.1. The maximum absolute atomic E-state index is 12.4. The Bertz CT molecular complexity index is 622. The summed E-state index contributed by atoms with van der Waals surface area (Å²) in [4.78, 5) is 24.7. The van der Waals surface area contributed by atoms with Gasteiger partial charge in [0.1, 0.15) is 5.41 Å². The van der Waals surface area contributed by atoms with Crippen LogP contribution < -0.4 is 10.6 Å². The minimum atomic E-state index is -1.09. The van der Waals surface area contributed by atoms with Gasteiger partial charge in [0.2, 0.25) is 11.8 Å². The van der Waals surface area contributed by atoms with Crippen LogP contribution in [0.5, 0.6) is 0 Å². The first kappa shape index (κ1) is 18.7. The summed E-state index contributed by atoms with van der Waals surface area (Å²) in [7, 11) is 0. The predicted molar refractivity (Wildman–Crippen MR) is 100 cm³/mol. The van der Waals surface area contributed by atoms with E-state index in [9.17, 15) is 9.59 Å². The van der Waals surface area contributed by atoms with E-state index in [1.54, 1.807) is 13.8 Å². The van der Waals surface area contributed by atoms with E-state index >= 15 is 0 Å². The Morgan fingerprint density at radius 3 is 1.44 bits per heavy atom. The van der Waals surface area contributed by atoms with E-state index < -0.39 is 5.41 Å². The first-order chi connectivity index (χ1) is 12.0. The van der Waals surface area contributed by atoms with Gasteiger partial charge in [-0.1, -0.05) is 60.7 Å². The van der Waals surface area contributed by atoms with Crippen LogP contribution in [-0.2, 0) is 22.4 Å². The highest BCUT2D eigenvalue weighted by atomic mass is 16.2. The lowest BCUT2D eigenvalue weighted by Crippen LogP contribution is -2.48. The Labute approximate surface area is 149 Å². The molecule has 2 amide bonds. The number of amides is 2. The summed E-state index contributed by atoms with van der Waals surface area (Å²) in [6, 6.07) is 19.9. The van der Waals surface area contributed by atoms with Crippen LogP contribution in [0.15, 0.2) is 60.7 Å². The molecule has 4 nitrogen and oxygen atoms in total. The van der Waals surface area contributed by atoms with Gasteiger partial charge in [-0.05, 0) is 37.8 Å². The fraction of sp³-hybridized carbons (Fsp3) is 0.333. The van der Waals surface area contributed by atoms with Crippen molar-refractivity contribution in [3.63, 3.8) is 0 Å². The fourth-order valence-corrected chi connectivity index (χ4v) is 2.48. The molecule has 0 atom stereocenters. The van der Waals surface area contributed by atoms with Crippen molar-refractivity contribution in [2.45, 2.75) is 26.7 Å². The molecule has 0 saturated heterocycles. The molecule has 2 aromatic carbocycles. The molecule has 132 valence electrons. The van der Waals surface area contributed by atoms with Crippen molar-refractivity contribution in [2.24, 2.45) is 5.41 Å². The molecular weight excluding hydrogens is 312 g/mol. The first-order valence-corrected chi connectivity index (χ1v) is 8.64. The molecule has 0 aliphatic carbocycles. The summed E-state index contributed by atoms with van der Waals surface area (Å²) in [6.07, 6.45) is 1.50. The molecule has 0 aliphatic heterocycles. The van der Waals surface area contributed by atoms with Crippen LogP contribution in [0.2, 0.25) is 0 Å². The number of hydrogen-bond donors (Lipinski definition) is 2. The van der Waals surface area contributed by atoms with Crippen molar-refractivity contribution in [1.29, 1.82) is 0 Å². The summed E-state index contributed by atoms with van der Waals surface area (Å²) < 4.78 is 0. The summed E-state index contributed by atoms with van der Waals surface area (Å²) in [5.74, 6) is -0.499. The van der Waals surface area contributed by atoms with Gasteiger partial charge in [-0.25, -0.2) is 0 Å². The third kappa shape index (κ3) is 5.75. The summed E-state index contributed by atoms with van der Waals surface area (Å²) >= 11 is 0. The zero-order valence-corrected chi connectivity index (χ0v) is 14.9. The minimum Gasteiger partial charge on any atom is -0.355 e. The molecule has 0 fully saturated rings. The largest absolute Gasteiger partial charge is 0.355 e. The highest BCUT2D eigenvalue weighted by Gasteiger charge is 2.35. The van der Waals surface area contributed by atoms with Gasteiger partial charge in [-0.2, -0.15) is 0 Å². The van der Waals surface area contributed by atoms with Gasteiger partial charge in [-0.3, -0.25) is 9.59 Å². The lowest BCUT2D eigenvalue weighted by molar-refractivity contribution is -0.141. The van der Waals surface area contributed by atoms with Gasteiger partial charge in [0.05, 0.1) is 0 Å².